The number of piperidine rings is 1. The Morgan fingerprint density at radius 3 is 2.79 bits per heavy atom. The molecule has 1 amide bonds. The lowest BCUT2D eigenvalue weighted by Crippen LogP contribution is -2.38. The zero-order valence-corrected chi connectivity index (χ0v) is 19.8. The number of sulfonamides is 1. The van der Waals surface area contributed by atoms with E-state index in [9.17, 15) is 13.2 Å². The van der Waals surface area contributed by atoms with Gasteiger partial charge in [0.2, 0.25) is 0 Å². The van der Waals surface area contributed by atoms with Crippen LogP contribution in [0.3, 0.4) is 0 Å². The normalized spacial score (nSPS) is 21.4. The number of nitrogens with two attached hydrogens (primary N) is 1. The van der Waals surface area contributed by atoms with E-state index in [-0.39, 0.29) is 23.4 Å². The second-order valence-electron chi connectivity index (χ2n) is 9.29. The molecule has 2 aliphatic heterocycles. The molecule has 2 fully saturated rings. The van der Waals surface area contributed by atoms with Crippen molar-refractivity contribution in [2.45, 2.75) is 31.4 Å². The first kappa shape index (κ1) is 22.6. The average Bonchev–Trinajstić information content (AvgIpc) is 3.65. The fourth-order valence-corrected chi connectivity index (χ4v) is 5.61. The molecule has 1 saturated carbocycles. The van der Waals surface area contributed by atoms with E-state index in [1.165, 1.54) is 12.8 Å². The Labute approximate surface area is 199 Å². The van der Waals surface area contributed by atoms with Gasteiger partial charge in [0.15, 0.2) is 0 Å². The first-order chi connectivity index (χ1) is 16.4. The lowest BCUT2D eigenvalue weighted by molar-refractivity contribution is 0.0947. The first-order valence-corrected chi connectivity index (χ1v) is 13.3. The third-order valence-corrected chi connectivity index (χ3v) is 7.63. The Balaban J connectivity index is 1.23. The lowest BCUT2D eigenvalue weighted by atomic mass is 9.98. The van der Waals surface area contributed by atoms with Crippen molar-refractivity contribution in [3.05, 3.63) is 53.2 Å². The number of hydrogen-bond donors (Lipinski definition) is 2. The van der Waals surface area contributed by atoms with Gasteiger partial charge in [-0.25, -0.2) is 13.4 Å². The van der Waals surface area contributed by atoms with Gasteiger partial charge in [-0.2, -0.15) is 0 Å². The Morgan fingerprint density at radius 2 is 1.97 bits per heavy atom. The molecule has 180 valence electrons. The van der Waals surface area contributed by atoms with Crippen molar-refractivity contribution in [1.29, 1.82) is 0 Å². The van der Waals surface area contributed by atoms with E-state index in [1.54, 1.807) is 24.3 Å². The van der Waals surface area contributed by atoms with Crippen molar-refractivity contribution in [1.82, 2.24) is 10.3 Å². The highest BCUT2D eigenvalue weighted by Crippen LogP contribution is 2.30. The zero-order valence-electron chi connectivity index (χ0n) is 18.9. The molecule has 3 aliphatic rings. The fourth-order valence-electron chi connectivity index (χ4n) is 4.52. The zero-order chi connectivity index (χ0) is 23.7. The van der Waals surface area contributed by atoms with E-state index < -0.39 is 10.0 Å². The summed E-state index contributed by atoms with van der Waals surface area (Å²) in [5.74, 6) is 1.90. The van der Waals surface area contributed by atoms with Gasteiger partial charge < -0.3 is 20.7 Å². The Morgan fingerprint density at radius 1 is 1.15 bits per heavy atom. The van der Waals surface area contributed by atoms with E-state index >= 15 is 0 Å². The minimum Gasteiger partial charge on any atom is -0.492 e. The highest BCUT2D eigenvalue weighted by Gasteiger charge is 2.27. The van der Waals surface area contributed by atoms with Crippen molar-refractivity contribution < 1.29 is 17.9 Å². The van der Waals surface area contributed by atoms with Crippen molar-refractivity contribution in [3.8, 4) is 5.75 Å². The predicted molar refractivity (Wildman–Crippen MR) is 130 cm³/mol. The Bertz CT molecular complexity index is 1230. The summed E-state index contributed by atoms with van der Waals surface area (Å²) in [4.78, 5) is 19.3. The van der Waals surface area contributed by atoms with Crippen LogP contribution in [0.2, 0.25) is 0 Å². The number of ether oxygens (including phenoxy) is 1. The summed E-state index contributed by atoms with van der Waals surface area (Å²) in [6, 6.07) is 10.9. The first-order valence-electron chi connectivity index (χ1n) is 11.7. The molecule has 9 nitrogen and oxygen atoms in total. The number of nitrogens with zero attached hydrogens (tertiary/aromatic N) is 3. The maximum atomic E-state index is 12.5. The summed E-state index contributed by atoms with van der Waals surface area (Å²) < 4.78 is 33.6. The number of amides is 1. The lowest BCUT2D eigenvalue weighted by Gasteiger charge is -2.33. The van der Waals surface area contributed by atoms with Crippen molar-refractivity contribution in [3.63, 3.8) is 0 Å². The molecule has 0 spiro atoms. The SMILES string of the molecule is NC1=NS(=O)(=O)Cc2cccc(OC[C@H]3CCCN(c4cccc(C(=O)NCC5CC5)n4)C3)c21. The van der Waals surface area contributed by atoms with E-state index in [0.717, 1.165) is 38.3 Å². The number of carbonyl (C=O) groups is 1. The van der Waals surface area contributed by atoms with E-state index in [2.05, 4.69) is 19.6 Å². The van der Waals surface area contributed by atoms with Gasteiger partial charge in [-0.1, -0.05) is 18.2 Å². The van der Waals surface area contributed by atoms with Crippen LogP contribution < -0.4 is 20.7 Å². The third-order valence-electron chi connectivity index (χ3n) is 6.48. The molecule has 1 aromatic heterocycles. The van der Waals surface area contributed by atoms with Crippen LogP contribution in [0.15, 0.2) is 40.8 Å². The van der Waals surface area contributed by atoms with Crippen LogP contribution >= 0.6 is 0 Å². The third kappa shape index (κ3) is 5.16. The van der Waals surface area contributed by atoms with Crippen LogP contribution in [0.4, 0.5) is 5.82 Å². The van der Waals surface area contributed by atoms with Gasteiger partial charge in [0.05, 0.1) is 17.9 Å². The summed E-state index contributed by atoms with van der Waals surface area (Å²) in [5, 5.41) is 2.97. The molecule has 10 heteroatoms. The van der Waals surface area contributed by atoms with Crippen LogP contribution in [0.1, 0.15) is 47.3 Å². The average molecular weight is 484 g/mol. The quantitative estimate of drug-likeness (QED) is 0.617. The molecule has 34 heavy (non-hydrogen) atoms. The van der Waals surface area contributed by atoms with Crippen LogP contribution in [-0.4, -0.2) is 51.4 Å². The van der Waals surface area contributed by atoms with Gasteiger partial charge in [0.1, 0.15) is 23.1 Å². The van der Waals surface area contributed by atoms with Gasteiger partial charge in [-0.15, -0.1) is 4.40 Å². The smallest absolute Gasteiger partial charge is 0.269 e. The van der Waals surface area contributed by atoms with Crippen LogP contribution in [-0.2, 0) is 15.8 Å². The molecule has 3 heterocycles. The molecule has 1 aliphatic carbocycles. The van der Waals surface area contributed by atoms with Crippen LogP contribution in [0.25, 0.3) is 0 Å². The number of amidine groups is 1. The van der Waals surface area contributed by atoms with Crippen molar-refractivity contribution in [2.75, 3.05) is 31.1 Å². The number of anilines is 1. The highest BCUT2D eigenvalue weighted by atomic mass is 32.2. The number of pyridine rings is 1. The topological polar surface area (TPSA) is 127 Å². The summed E-state index contributed by atoms with van der Waals surface area (Å²) in [5.41, 5.74) is 7.57. The monoisotopic (exact) mass is 483 g/mol. The Kier molecular flexibility index (Phi) is 6.16. The molecule has 1 saturated heterocycles. The fraction of sp³-hybridized carbons (Fsp3) is 0.458. The van der Waals surface area contributed by atoms with Gasteiger partial charge in [0, 0.05) is 25.6 Å². The van der Waals surface area contributed by atoms with Gasteiger partial charge >= 0.3 is 0 Å². The standard InChI is InChI=1S/C24H29N5O4S/c25-23-22-18(15-34(31,32)28-23)5-1-7-20(22)33-14-17-4-3-11-29(13-17)21-8-2-6-19(27-21)24(30)26-12-16-9-10-16/h1-2,5-8,16-17H,3-4,9-15H2,(H2,25,28)(H,26,30)/t17-/m0/s1. The molecule has 3 N–H and O–H groups in total. The summed E-state index contributed by atoms with van der Waals surface area (Å²) in [6.45, 7) is 2.81. The van der Waals surface area contributed by atoms with Crippen molar-refractivity contribution >= 4 is 27.6 Å². The van der Waals surface area contributed by atoms with Gasteiger partial charge in [-0.3, -0.25) is 4.79 Å². The minimum atomic E-state index is -3.58. The maximum absolute atomic E-state index is 12.5. The minimum absolute atomic E-state index is 0.0249. The molecular formula is C24H29N5O4S. The molecule has 0 unspecified atom stereocenters. The molecule has 2 aromatic rings. The van der Waals surface area contributed by atoms with Crippen LogP contribution in [0, 0.1) is 11.8 Å². The van der Waals surface area contributed by atoms with Crippen molar-refractivity contribution in [2.24, 2.45) is 22.0 Å². The Hall–Kier alpha value is -3.14. The number of aromatic nitrogens is 1. The summed E-state index contributed by atoms with van der Waals surface area (Å²) in [6.07, 6.45) is 4.37. The number of benzene rings is 1. The second-order valence-corrected chi connectivity index (χ2v) is 10.9. The number of rotatable bonds is 7. The molecule has 0 bridgehead atoms. The van der Waals surface area contributed by atoms with E-state index in [4.69, 9.17) is 10.5 Å². The van der Waals surface area contributed by atoms with Gasteiger partial charge in [-0.05, 0) is 55.4 Å². The number of hydrogen-bond acceptors (Lipinski definition) is 7. The molecule has 5 rings (SSSR count). The summed E-state index contributed by atoms with van der Waals surface area (Å²) >= 11 is 0. The van der Waals surface area contributed by atoms with Gasteiger partial charge in [0.25, 0.3) is 15.9 Å². The van der Waals surface area contributed by atoms with Crippen LogP contribution in [0.5, 0.6) is 5.75 Å². The molecular weight excluding hydrogens is 454 g/mol. The molecule has 1 aromatic carbocycles. The highest BCUT2D eigenvalue weighted by molar-refractivity contribution is 7.89. The molecule has 0 radical (unpaired) electrons. The second kappa shape index (κ2) is 9.25. The summed E-state index contributed by atoms with van der Waals surface area (Å²) in [7, 11) is -3.58. The molecule has 1 atom stereocenters. The maximum Gasteiger partial charge on any atom is 0.269 e. The number of nitrogens with one attached hydrogen (secondary N) is 1. The number of fused-ring (bicyclic) bond motifs is 1. The largest absolute Gasteiger partial charge is 0.492 e. The van der Waals surface area contributed by atoms with E-state index in [1.807, 2.05) is 12.1 Å². The predicted octanol–water partition coefficient (Wildman–Crippen LogP) is 2.07. The van der Waals surface area contributed by atoms with E-state index in [0.29, 0.717) is 35.1 Å². The number of carbonyl (C=O) groups excluding carboxylic acids is 1.